The number of nitrogens with zero attached hydrogens (tertiary/aromatic N) is 2. The molecule has 2 amide bonds. The predicted octanol–water partition coefficient (Wildman–Crippen LogP) is 6.52. The monoisotopic (exact) mass is 735 g/mol. The highest BCUT2D eigenvalue weighted by Gasteiger charge is 2.36. The summed E-state index contributed by atoms with van der Waals surface area (Å²) in [5.74, 6) is -0.301. The molecule has 0 fully saturated rings. The number of rotatable bonds is 13. The average Bonchev–Trinajstić information content (AvgIpc) is 3.05. The van der Waals surface area contributed by atoms with Crippen molar-refractivity contribution in [2.75, 3.05) is 25.1 Å². The molecule has 0 aromatic heterocycles. The van der Waals surface area contributed by atoms with E-state index in [-0.39, 0.29) is 29.5 Å². The van der Waals surface area contributed by atoms with Gasteiger partial charge in [-0.2, -0.15) is 0 Å². The van der Waals surface area contributed by atoms with Crippen LogP contribution in [0.25, 0.3) is 0 Å². The fraction of sp³-hybridized carbons (Fsp3) is 0.297. The van der Waals surface area contributed by atoms with Gasteiger partial charge >= 0.3 is 0 Å². The zero-order valence-corrected chi connectivity index (χ0v) is 30.5. The maximum absolute atomic E-state index is 14.7. The van der Waals surface area contributed by atoms with E-state index in [2.05, 4.69) is 21.2 Å². The van der Waals surface area contributed by atoms with Gasteiger partial charge in [-0.15, -0.1) is 0 Å². The van der Waals surface area contributed by atoms with Crippen LogP contribution in [0.5, 0.6) is 11.5 Å². The second-order valence-corrected chi connectivity index (χ2v) is 15.2. The molecule has 0 saturated heterocycles. The molecule has 0 saturated carbocycles. The van der Waals surface area contributed by atoms with Crippen LogP contribution in [0.2, 0.25) is 0 Å². The van der Waals surface area contributed by atoms with Crippen molar-refractivity contribution in [3.05, 3.63) is 118 Å². The van der Waals surface area contributed by atoms with Gasteiger partial charge < -0.3 is 19.7 Å². The first-order valence-corrected chi connectivity index (χ1v) is 17.7. The molecule has 0 heterocycles. The van der Waals surface area contributed by atoms with Gasteiger partial charge in [0.15, 0.2) is 11.5 Å². The van der Waals surface area contributed by atoms with E-state index in [1.54, 1.807) is 24.3 Å². The summed E-state index contributed by atoms with van der Waals surface area (Å²) in [4.78, 5) is 30.1. The minimum atomic E-state index is -4.32. The third-order valence-electron chi connectivity index (χ3n) is 7.58. The fourth-order valence-corrected chi connectivity index (χ4v) is 6.83. The third kappa shape index (κ3) is 9.38. The molecule has 1 N–H and O–H groups in total. The van der Waals surface area contributed by atoms with E-state index in [1.807, 2.05) is 82.3 Å². The zero-order valence-electron chi connectivity index (χ0n) is 28.1. The Balaban J connectivity index is 1.83. The number of halogens is 1. The molecule has 0 radical (unpaired) electrons. The van der Waals surface area contributed by atoms with E-state index in [1.165, 1.54) is 37.3 Å². The van der Waals surface area contributed by atoms with Crippen molar-refractivity contribution >= 4 is 43.5 Å². The summed E-state index contributed by atoms with van der Waals surface area (Å²) in [6.45, 7) is 7.02. The number of hydrogen-bond donors (Lipinski definition) is 1. The van der Waals surface area contributed by atoms with Gasteiger partial charge in [0, 0.05) is 29.0 Å². The summed E-state index contributed by atoms with van der Waals surface area (Å²) in [6.07, 6.45) is 0.220. The van der Waals surface area contributed by atoms with Gasteiger partial charge in [-0.05, 0) is 75.2 Å². The molecule has 48 heavy (non-hydrogen) atoms. The van der Waals surface area contributed by atoms with Crippen LogP contribution >= 0.6 is 15.9 Å². The first-order valence-electron chi connectivity index (χ1n) is 15.4. The molecular formula is C37H42BrN3O6S. The van der Waals surface area contributed by atoms with Crippen molar-refractivity contribution < 1.29 is 27.5 Å². The lowest BCUT2D eigenvalue weighted by Gasteiger charge is -2.35. The van der Waals surface area contributed by atoms with Crippen molar-refractivity contribution in [2.24, 2.45) is 0 Å². The Morgan fingerprint density at radius 2 is 1.46 bits per heavy atom. The lowest BCUT2D eigenvalue weighted by atomic mass is 10.0. The molecule has 4 aromatic carbocycles. The minimum absolute atomic E-state index is 0.0688. The van der Waals surface area contributed by atoms with E-state index in [0.717, 1.165) is 25.5 Å². The summed E-state index contributed by atoms with van der Waals surface area (Å²) in [5, 5.41) is 3.04. The Kier molecular flexibility index (Phi) is 11.9. The Bertz CT molecular complexity index is 1810. The van der Waals surface area contributed by atoms with Gasteiger partial charge in [-0.1, -0.05) is 76.1 Å². The van der Waals surface area contributed by atoms with Gasteiger partial charge in [-0.25, -0.2) is 8.42 Å². The predicted molar refractivity (Wildman–Crippen MR) is 192 cm³/mol. The highest BCUT2D eigenvalue weighted by molar-refractivity contribution is 9.10. The Hall–Kier alpha value is -4.35. The summed E-state index contributed by atoms with van der Waals surface area (Å²) < 4.78 is 41.4. The van der Waals surface area contributed by atoms with Crippen LogP contribution in [-0.2, 0) is 32.6 Å². The molecule has 0 aliphatic heterocycles. The number of anilines is 1. The number of ether oxygens (including phenoxy) is 2. The van der Waals surface area contributed by atoms with Crippen molar-refractivity contribution in [1.29, 1.82) is 0 Å². The Morgan fingerprint density at radius 3 is 2.04 bits per heavy atom. The molecule has 4 rings (SSSR count). The maximum Gasteiger partial charge on any atom is 0.264 e. The molecule has 1 unspecified atom stereocenters. The van der Waals surface area contributed by atoms with Gasteiger partial charge in [0.25, 0.3) is 10.0 Å². The molecule has 11 heteroatoms. The number of carbonyl (C=O) groups is 2. The maximum atomic E-state index is 14.7. The third-order valence-corrected chi connectivity index (χ3v) is 9.88. The molecule has 0 aliphatic carbocycles. The van der Waals surface area contributed by atoms with Gasteiger partial charge in [0.05, 0.1) is 24.8 Å². The second kappa shape index (κ2) is 15.7. The summed E-state index contributed by atoms with van der Waals surface area (Å²) in [7, 11) is -1.44. The van der Waals surface area contributed by atoms with Gasteiger partial charge in [-0.3, -0.25) is 13.9 Å². The standard InChI is InChI=1S/C37H42BrN3O6S/c1-26-12-18-30(19-13-26)41(48(44,45)31-20-21-33(46-5)34(23-31)47-6)25-35(42)40(24-28-14-16-29(38)17-15-28)32(36(43)39-37(2,3)4)22-27-10-8-7-9-11-27/h7-21,23,32H,22,24-25H2,1-6H3,(H,39,43). The van der Waals surface area contributed by atoms with Crippen molar-refractivity contribution in [3.63, 3.8) is 0 Å². The second-order valence-electron chi connectivity index (χ2n) is 12.5. The highest BCUT2D eigenvalue weighted by atomic mass is 79.9. The zero-order chi connectivity index (χ0) is 35.1. The summed E-state index contributed by atoms with van der Waals surface area (Å²) in [6, 6.07) is 27.1. The van der Waals surface area contributed by atoms with Crippen LogP contribution in [0.4, 0.5) is 5.69 Å². The first-order chi connectivity index (χ1) is 22.7. The van der Waals surface area contributed by atoms with E-state index >= 15 is 0 Å². The number of carbonyl (C=O) groups excluding carboxylic acids is 2. The normalized spacial score (nSPS) is 12.1. The molecule has 1 atom stereocenters. The summed E-state index contributed by atoms with van der Waals surface area (Å²) >= 11 is 3.46. The van der Waals surface area contributed by atoms with E-state index in [9.17, 15) is 18.0 Å². The van der Waals surface area contributed by atoms with Crippen LogP contribution in [0, 0.1) is 6.92 Å². The quantitative estimate of drug-likeness (QED) is 0.168. The van der Waals surface area contributed by atoms with E-state index in [0.29, 0.717) is 11.4 Å². The molecule has 0 aliphatic rings. The fourth-order valence-electron chi connectivity index (χ4n) is 5.14. The number of methoxy groups -OCH3 is 2. The lowest BCUT2D eigenvalue weighted by molar-refractivity contribution is -0.140. The smallest absolute Gasteiger partial charge is 0.264 e. The Labute approximate surface area is 292 Å². The first kappa shape index (κ1) is 36.5. The summed E-state index contributed by atoms with van der Waals surface area (Å²) in [5.41, 5.74) is 2.27. The molecule has 4 aromatic rings. The number of sulfonamides is 1. The SMILES string of the molecule is COc1ccc(S(=O)(=O)N(CC(=O)N(Cc2ccc(Br)cc2)C(Cc2ccccc2)C(=O)NC(C)(C)C)c2ccc(C)cc2)cc1OC. The van der Waals surface area contributed by atoms with Gasteiger partial charge in [0.2, 0.25) is 11.8 Å². The molecule has 0 spiro atoms. The van der Waals surface area contributed by atoms with Crippen LogP contribution in [0.3, 0.4) is 0 Å². The van der Waals surface area contributed by atoms with Crippen LogP contribution in [0.1, 0.15) is 37.5 Å². The largest absolute Gasteiger partial charge is 0.493 e. The van der Waals surface area contributed by atoms with Crippen LogP contribution in [0.15, 0.2) is 106 Å². The molecule has 254 valence electrons. The minimum Gasteiger partial charge on any atom is -0.493 e. The Morgan fingerprint density at radius 1 is 0.833 bits per heavy atom. The number of benzene rings is 4. The number of hydrogen-bond acceptors (Lipinski definition) is 6. The van der Waals surface area contributed by atoms with E-state index in [4.69, 9.17) is 9.47 Å². The molecule has 0 bridgehead atoms. The number of aryl methyl sites for hydroxylation is 1. The van der Waals surface area contributed by atoms with Crippen molar-refractivity contribution in [3.8, 4) is 11.5 Å². The average molecular weight is 737 g/mol. The van der Waals surface area contributed by atoms with Crippen LogP contribution < -0.4 is 19.1 Å². The van der Waals surface area contributed by atoms with Crippen LogP contribution in [-0.4, -0.2) is 57.5 Å². The number of nitrogens with one attached hydrogen (secondary N) is 1. The lowest BCUT2D eigenvalue weighted by Crippen LogP contribution is -2.56. The van der Waals surface area contributed by atoms with Gasteiger partial charge in [0.1, 0.15) is 12.6 Å². The highest BCUT2D eigenvalue weighted by Crippen LogP contribution is 2.32. The number of amides is 2. The molecular weight excluding hydrogens is 694 g/mol. The van der Waals surface area contributed by atoms with Crippen molar-refractivity contribution in [2.45, 2.75) is 57.1 Å². The van der Waals surface area contributed by atoms with Crippen molar-refractivity contribution in [1.82, 2.24) is 10.2 Å². The topological polar surface area (TPSA) is 105 Å². The molecule has 9 nitrogen and oxygen atoms in total. The van der Waals surface area contributed by atoms with E-state index < -0.39 is 34.1 Å².